The zero-order valence-electron chi connectivity index (χ0n) is 16.9. The lowest BCUT2D eigenvalue weighted by Gasteiger charge is -2.34. The van der Waals surface area contributed by atoms with Crippen molar-refractivity contribution in [2.75, 3.05) is 32.7 Å². The van der Waals surface area contributed by atoms with Gasteiger partial charge in [0, 0.05) is 44.0 Å². The monoisotopic (exact) mass is 454 g/mol. The number of carbonyl (C=O) groups excluding carboxylic acids is 3. The molecule has 164 valence electrons. The molecule has 4 rings (SSSR count). The van der Waals surface area contributed by atoms with Crippen LogP contribution in [0, 0.1) is 6.92 Å². The lowest BCUT2D eigenvalue weighted by Crippen LogP contribution is -2.51. The highest BCUT2D eigenvalue weighted by molar-refractivity contribution is 7.91. The van der Waals surface area contributed by atoms with Gasteiger partial charge in [-0.25, -0.2) is 13.2 Å². The third kappa shape index (κ3) is 3.74. The highest BCUT2D eigenvalue weighted by Crippen LogP contribution is 2.35. The molecule has 4 amide bonds. The molecule has 3 fully saturated rings. The molecular weight excluding hydrogens is 428 g/mol. The summed E-state index contributed by atoms with van der Waals surface area (Å²) < 4.78 is 27.2. The first-order valence-electron chi connectivity index (χ1n) is 10.2. The Morgan fingerprint density at radius 2 is 1.80 bits per heavy atom. The summed E-state index contributed by atoms with van der Waals surface area (Å²) in [6.07, 6.45) is 3.19. The van der Waals surface area contributed by atoms with Crippen molar-refractivity contribution in [3.63, 3.8) is 0 Å². The number of nitrogens with zero attached hydrogens (tertiary/aromatic N) is 3. The quantitative estimate of drug-likeness (QED) is 0.672. The number of imide groups is 1. The van der Waals surface area contributed by atoms with Gasteiger partial charge in [0.15, 0.2) is 0 Å². The van der Waals surface area contributed by atoms with Crippen molar-refractivity contribution < 1.29 is 22.8 Å². The van der Waals surface area contributed by atoms with Crippen molar-refractivity contribution in [3.8, 4) is 0 Å². The van der Waals surface area contributed by atoms with Gasteiger partial charge in [-0.1, -0.05) is 12.8 Å². The summed E-state index contributed by atoms with van der Waals surface area (Å²) in [7, 11) is -3.54. The van der Waals surface area contributed by atoms with E-state index in [0.717, 1.165) is 22.6 Å². The van der Waals surface area contributed by atoms with Gasteiger partial charge in [0.05, 0.1) is 0 Å². The molecule has 11 heteroatoms. The summed E-state index contributed by atoms with van der Waals surface area (Å²) in [4.78, 5) is 41.2. The molecule has 9 nitrogen and oxygen atoms in total. The Hall–Kier alpha value is -1.98. The minimum atomic E-state index is -3.54. The van der Waals surface area contributed by atoms with Crippen LogP contribution in [0.4, 0.5) is 4.79 Å². The molecule has 0 radical (unpaired) electrons. The van der Waals surface area contributed by atoms with Gasteiger partial charge in [0.1, 0.15) is 9.75 Å². The maximum Gasteiger partial charge on any atom is 0.325 e. The zero-order valence-corrected chi connectivity index (χ0v) is 18.6. The Balaban J connectivity index is 1.30. The Morgan fingerprint density at radius 3 is 2.40 bits per heavy atom. The van der Waals surface area contributed by atoms with E-state index in [1.54, 1.807) is 17.0 Å². The smallest absolute Gasteiger partial charge is 0.325 e. The van der Waals surface area contributed by atoms with Gasteiger partial charge < -0.3 is 10.2 Å². The van der Waals surface area contributed by atoms with Crippen molar-refractivity contribution in [2.45, 2.75) is 48.8 Å². The molecule has 0 atom stereocenters. The lowest BCUT2D eigenvalue weighted by molar-refractivity contribution is -0.134. The Kier molecular flexibility index (Phi) is 5.62. The fourth-order valence-electron chi connectivity index (χ4n) is 4.42. The van der Waals surface area contributed by atoms with Crippen molar-refractivity contribution in [3.05, 3.63) is 17.0 Å². The largest absolute Gasteiger partial charge is 0.340 e. The molecule has 0 bridgehead atoms. The molecule has 30 heavy (non-hydrogen) atoms. The van der Waals surface area contributed by atoms with Gasteiger partial charge in [0.25, 0.3) is 15.9 Å². The van der Waals surface area contributed by atoms with Crippen LogP contribution in [0.2, 0.25) is 0 Å². The number of thiophene rings is 1. The third-order valence-electron chi connectivity index (χ3n) is 6.15. The number of urea groups is 1. The van der Waals surface area contributed by atoms with E-state index >= 15 is 0 Å². The average molecular weight is 455 g/mol. The second kappa shape index (κ2) is 7.93. The number of rotatable bonds is 5. The van der Waals surface area contributed by atoms with E-state index in [9.17, 15) is 22.8 Å². The summed E-state index contributed by atoms with van der Waals surface area (Å²) in [5.74, 6) is -0.396. The fourth-order valence-corrected chi connectivity index (χ4v) is 7.28. The number of piperazine rings is 1. The summed E-state index contributed by atoms with van der Waals surface area (Å²) >= 11 is 1.24. The maximum atomic E-state index is 12.7. The summed E-state index contributed by atoms with van der Waals surface area (Å²) in [6, 6.07) is 2.97. The second-order valence-corrected chi connectivity index (χ2v) is 11.5. The molecule has 1 saturated carbocycles. The highest BCUT2D eigenvalue weighted by atomic mass is 32.2. The van der Waals surface area contributed by atoms with E-state index in [-0.39, 0.29) is 37.9 Å². The van der Waals surface area contributed by atoms with Crippen LogP contribution in [0.3, 0.4) is 0 Å². The molecule has 2 saturated heterocycles. The normalized spacial score (nSPS) is 22.2. The van der Waals surface area contributed by atoms with E-state index in [4.69, 9.17) is 0 Å². The molecule has 3 heterocycles. The molecule has 0 aromatic carbocycles. The number of aryl methyl sites for hydroxylation is 1. The fraction of sp³-hybridized carbons (Fsp3) is 0.632. The number of hydrogen-bond acceptors (Lipinski definition) is 6. The van der Waals surface area contributed by atoms with Crippen LogP contribution in [0.15, 0.2) is 16.3 Å². The van der Waals surface area contributed by atoms with Crippen LogP contribution in [-0.4, -0.2) is 78.6 Å². The van der Waals surface area contributed by atoms with Crippen molar-refractivity contribution in [2.24, 2.45) is 0 Å². The standard InChI is InChI=1S/C19H26N4O5S2/c1-14-4-5-16(29-14)30(27,28)22-12-10-21(11-13-22)15(24)6-9-23-17(25)19(20-18(23)26)7-2-3-8-19/h4-5H,2-3,6-13H2,1H3,(H,20,26). The summed E-state index contributed by atoms with van der Waals surface area (Å²) in [5, 5.41) is 2.81. The van der Waals surface area contributed by atoms with E-state index < -0.39 is 21.6 Å². The molecule has 1 aromatic heterocycles. The van der Waals surface area contributed by atoms with Gasteiger partial charge >= 0.3 is 6.03 Å². The van der Waals surface area contributed by atoms with Crippen LogP contribution in [0.1, 0.15) is 37.0 Å². The van der Waals surface area contributed by atoms with E-state index in [0.29, 0.717) is 30.1 Å². The number of sulfonamides is 1. The molecule has 1 N–H and O–H groups in total. The molecular formula is C19H26N4O5S2. The van der Waals surface area contributed by atoms with Gasteiger partial charge in [-0.3, -0.25) is 14.5 Å². The van der Waals surface area contributed by atoms with Gasteiger partial charge in [0.2, 0.25) is 5.91 Å². The topological polar surface area (TPSA) is 107 Å². The number of hydrogen-bond donors (Lipinski definition) is 1. The predicted octanol–water partition coefficient (Wildman–Crippen LogP) is 1.14. The molecule has 2 aliphatic heterocycles. The lowest BCUT2D eigenvalue weighted by atomic mass is 9.98. The minimum Gasteiger partial charge on any atom is -0.340 e. The maximum absolute atomic E-state index is 12.7. The van der Waals surface area contributed by atoms with E-state index in [2.05, 4.69) is 5.32 Å². The first kappa shape index (κ1) is 21.3. The third-order valence-corrected chi connectivity index (χ3v) is 9.52. The molecule has 1 aliphatic carbocycles. The molecule has 1 aromatic rings. The number of amides is 4. The van der Waals surface area contributed by atoms with Crippen LogP contribution in [0.25, 0.3) is 0 Å². The first-order chi connectivity index (χ1) is 14.2. The number of nitrogens with one attached hydrogen (secondary N) is 1. The van der Waals surface area contributed by atoms with Crippen molar-refractivity contribution in [1.29, 1.82) is 0 Å². The van der Waals surface area contributed by atoms with Gasteiger partial charge in [-0.15, -0.1) is 11.3 Å². The minimum absolute atomic E-state index is 0.0477. The van der Waals surface area contributed by atoms with Crippen molar-refractivity contribution in [1.82, 2.24) is 19.4 Å². The molecule has 0 unspecified atom stereocenters. The molecule has 3 aliphatic rings. The van der Waals surface area contributed by atoms with E-state index in [1.165, 1.54) is 15.6 Å². The number of carbonyl (C=O) groups is 3. The van der Waals surface area contributed by atoms with Crippen LogP contribution < -0.4 is 5.32 Å². The van der Waals surface area contributed by atoms with Crippen molar-refractivity contribution >= 4 is 39.2 Å². The summed E-state index contributed by atoms with van der Waals surface area (Å²) in [5.41, 5.74) is -0.764. The zero-order chi connectivity index (χ0) is 21.5. The molecule has 1 spiro atoms. The van der Waals surface area contributed by atoms with E-state index in [1.807, 2.05) is 6.92 Å². The first-order valence-corrected chi connectivity index (χ1v) is 12.5. The van der Waals surface area contributed by atoms with Gasteiger partial charge in [-0.2, -0.15) is 4.31 Å². The Bertz CT molecular complexity index is 959. The SMILES string of the molecule is Cc1ccc(S(=O)(=O)N2CCN(C(=O)CCN3C(=O)NC4(CCCC4)C3=O)CC2)s1. The predicted molar refractivity (Wildman–Crippen MR) is 110 cm³/mol. The Morgan fingerprint density at radius 1 is 1.13 bits per heavy atom. The van der Waals surface area contributed by atoms with Crippen LogP contribution in [-0.2, 0) is 19.6 Å². The van der Waals surface area contributed by atoms with Crippen LogP contribution >= 0.6 is 11.3 Å². The van der Waals surface area contributed by atoms with Crippen LogP contribution in [0.5, 0.6) is 0 Å². The Labute approximate surface area is 180 Å². The summed E-state index contributed by atoms with van der Waals surface area (Å²) in [6.45, 7) is 2.98. The average Bonchev–Trinajstić information content (AvgIpc) is 3.42. The second-order valence-electron chi connectivity index (χ2n) is 8.08. The van der Waals surface area contributed by atoms with Gasteiger partial charge in [-0.05, 0) is 31.9 Å². The highest BCUT2D eigenvalue weighted by Gasteiger charge is 2.52.